The Labute approximate surface area is 209 Å². The van der Waals surface area contributed by atoms with Crippen molar-refractivity contribution < 1.29 is 4.79 Å². The lowest BCUT2D eigenvalue weighted by atomic mass is 10.1. The third-order valence-electron chi connectivity index (χ3n) is 6.79. The van der Waals surface area contributed by atoms with E-state index in [1.165, 1.54) is 11.1 Å². The summed E-state index contributed by atoms with van der Waals surface area (Å²) in [6.45, 7) is 8.36. The van der Waals surface area contributed by atoms with Crippen molar-refractivity contribution in [2.24, 2.45) is 5.10 Å². The molecule has 0 aliphatic rings. The maximum absolute atomic E-state index is 12.9. The van der Waals surface area contributed by atoms with E-state index >= 15 is 0 Å². The first-order valence-corrected chi connectivity index (χ1v) is 11.9. The van der Waals surface area contributed by atoms with E-state index in [1.807, 2.05) is 47.9 Å². The van der Waals surface area contributed by atoms with Gasteiger partial charge in [-0.3, -0.25) is 9.59 Å². The molecule has 6 heteroatoms. The van der Waals surface area contributed by atoms with E-state index in [0.717, 1.165) is 33.7 Å². The molecule has 0 aliphatic heterocycles. The molecule has 6 nitrogen and oxygen atoms in total. The van der Waals surface area contributed by atoms with Gasteiger partial charge in [-0.25, -0.2) is 5.43 Å². The van der Waals surface area contributed by atoms with Gasteiger partial charge in [-0.15, -0.1) is 0 Å². The molecule has 0 aliphatic carbocycles. The third-order valence-corrected chi connectivity index (χ3v) is 6.79. The number of hydrazone groups is 1. The van der Waals surface area contributed by atoms with Gasteiger partial charge in [0.25, 0.3) is 5.91 Å². The van der Waals surface area contributed by atoms with Gasteiger partial charge in [-0.1, -0.05) is 30.3 Å². The maximum Gasteiger partial charge on any atom is 0.260 e. The number of aryl methyl sites for hydroxylation is 3. The van der Waals surface area contributed by atoms with Gasteiger partial charge in [0.2, 0.25) is 0 Å². The Balaban J connectivity index is 1.40. The number of amides is 1. The molecule has 0 atom stereocenters. The number of rotatable bonds is 5. The van der Waals surface area contributed by atoms with Crippen LogP contribution in [0.2, 0.25) is 0 Å². The summed E-state index contributed by atoms with van der Waals surface area (Å²) >= 11 is 0. The highest BCUT2D eigenvalue weighted by molar-refractivity contribution is 5.95. The Hall–Kier alpha value is -4.45. The molecule has 1 amide bonds. The van der Waals surface area contributed by atoms with Crippen LogP contribution in [0, 0.1) is 27.7 Å². The molecule has 180 valence electrons. The zero-order chi connectivity index (χ0) is 25.4. The third kappa shape index (κ3) is 4.11. The lowest BCUT2D eigenvalue weighted by Gasteiger charge is -2.14. The van der Waals surface area contributed by atoms with Crippen LogP contribution in [0.1, 0.15) is 28.1 Å². The smallest absolute Gasteiger partial charge is 0.260 e. The zero-order valence-electron chi connectivity index (χ0n) is 20.9. The lowest BCUT2D eigenvalue weighted by Crippen LogP contribution is -2.25. The number of hydrogen-bond acceptors (Lipinski definition) is 3. The lowest BCUT2D eigenvalue weighted by molar-refractivity contribution is -0.121. The maximum atomic E-state index is 12.9. The number of hydrogen-bond donors (Lipinski definition) is 1. The summed E-state index contributed by atoms with van der Waals surface area (Å²) in [6, 6.07) is 23.2. The topological polar surface area (TPSA) is 68.4 Å². The number of carbonyl (C=O) groups is 1. The minimum absolute atomic E-state index is 0.0324. The van der Waals surface area contributed by atoms with Crippen LogP contribution in [0.25, 0.3) is 27.5 Å². The van der Waals surface area contributed by atoms with Crippen LogP contribution in [0.5, 0.6) is 0 Å². The molecule has 2 aromatic heterocycles. The van der Waals surface area contributed by atoms with Crippen LogP contribution >= 0.6 is 0 Å². The second kappa shape index (κ2) is 9.30. The first-order valence-electron chi connectivity index (χ1n) is 11.9. The molecule has 0 fully saturated rings. The minimum atomic E-state index is -0.270. The molecule has 36 heavy (non-hydrogen) atoms. The Kier molecular flexibility index (Phi) is 6.02. The first kappa shape index (κ1) is 23.3. The van der Waals surface area contributed by atoms with Gasteiger partial charge in [0.05, 0.1) is 17.2 Å². The Morgan fingerprint density at radius 1 is 0.861 bits per heavy atom. The van der Waals surface area contributed by atoms with Crippen molar-refractivity contribution in [3.8, 4) is 5.69 Å². The van der Waals surface area contributed by atoms with Crippen molar-refractivity contribution in [3.63, 3.8) is 0 Å². The molecule has 1 N–H and O–H groups in total. The van der Waals surface area contributed by atoms with Crippen molar-refractivity contribution in [1.82, 2.24) is 14.6 Å². The van der Waals surface area contributed by atoms with Crippen molar-refractivity contribution >= 4 is 33.9 Å². The van der Waals surface area contributed by atoms with Gasteiger partial charge in [0, 0.05) is 33.4 Å². The minimum Gasteiger partial charge on any atom is -0.331 e. The number of nitrogens with zero attached hydrogens (tertiary/aromatic N) is 3. The molecule has 2 heterocycles. The Morgan fingerprint density at radius 2 is 1.50 bits per heavy atom. The summed E-state index contributed by atoms with van der Waals surface area (Å²) < 4.78 is 4.05. The van der Waals surface area contributed by atoms with E-state index in [0.29, 0.717) is 10.8 Å². The highest BCUT2D eigenvalue weighted by Crippen LogP contribution is 2.22. The van der Waals surface area contributed by atoms with Gasteiger partial charge in [0.1, 0.15) is 6.54 Å². The number of benzene rings is 3. The monoisotopic (exact) mass is 476 g/mol. The van der Waals surface area contributed by atoms with E-state index in [-0.39, 0.29) is 17.9 Å². The molecule has 5 aromatic rings. The summed E-state index contributed by atoms with van der Waals surface area (Å²) in [7, 11) is 0. The summed E-state index contributed by atoms with van der Waals surface area (Å²) in [5, 5.41) is 5.42. The molecular weight excluding hydrogens is 448 g/mol. The standard InChI is InChI=1S/C30H28N4O2/c1-19-13-14-24(15-20(19)2)34-21(3)16-23(22(34)4)17-31-32-29(35)18-33-27-11-7-5-9-25(27)30(36)26-10-6-8-12-28(26)33/h5-17H,18H2,1-4H3,(H,32,35)/b31-17-. The van der Waals surface area contributed by atoms with Crippen LogP contribution in [-0.2, 0) is 11.3 Å². The fourth-order valence-corrected chi connectivity index (χ4v) is 4.78. The van der Waals surface area contributed by atoms with Gasteiger partial charge in [0.15, 0.2) is 5.43 Å². The number of aromatic nitrogens is 2. The quantitative estimate of drug-likeness (QED) is 0.212. The average Bonchev–Trinajstić information content (AvgIpc) is 3.16. The predicted octanol–water partition coefficient (Wildman–Crippen LogP) is 5.33. The molecule has 0 unspecified atom stereocenters. The summed E-state index contributed by atoms with van der Waals surface area (Å²) in [5.41, 5.74) is 10.7. The SMILES string of the molecule is Cc1ccc(-n2c(C)cc(/C=N\NC(=O)Cn3c4ccccc4c(=O)c4ccccc43)c2C)cc1C. The first-order chi connectivity index (χ1) is 17.3. The van der Waals surface area contributed by atoms with Gasteiger partial charge < -0.3 is 9.13 Å². The molecule has 5 rings (SSSR count). The molecular formula is C30H28N4O2. The van der Waals surface area contributed by atoms with Crippen molar-refractivity contribution in [2.45, 2.75) is 34.2 Å². The van der Waals surface area contributed by atoms with Crippen LogP contribution in [0.15, 0.2) is 82.7 Å². The zero-order valence-corrected chi connectivity index (χ0v) is 20.9. The second-order valence-corrected chi connectivity index (χ2v) is 9.17. The highest BCUT2D eigenvalue weighted by Gasteiger charge is 2.13. The van der Waals surface area contributed by atoms with E-state index < -0.39 is 0 Å². The largest absolute Gasteiger partial charge is 0.331 e. The molecule has 0 saturated heterocycles. The highest BCUT2D eigenvalue weighted by atomic mass is 16.2. The van der Waals surface area contributed by atoms with Crippen molar-refractivity contribution in [1.29, 1.82) is 0 Å². The average molecular weight is 477 g/mol. The normalized spacial score (nSPS) is 11.6. The second-order valence-electron chi connectivity index (χ2n) is 9.17. The number of carbonyl (C=O) groups excluding carboxylic acids is 1. The number of nitrogens with one attached hydrogen (secondary N) is 1. The van der Waals surface area contributed by atoms with Crippen LogP contribution in [0.4, 0.5) is 0 Å². The van der Waals surface area contributed by atoms with E-state index in [2.05, 4.69) is 60.1 Å². The molecule has 3 aromatic carbocycles. The summed E-state index contributed by atoms with van der Waals surface area (Å²) in [6.07, 6.45) is 1.68. The van der Waals surface area contributed by atoms with Gasteiger partial charge >= 0.3 is 0 Å². The van der Waals surface area contributed by atoms with E-state index in [1.54, 1.807) is 18.3 Å². The molecule has 0 radical (unpaired) electrons. The molecule has 0 bridgehead atoms. The fourth-order valence-electron chi connectivity index (χ4n) is 4.78. The predicted molar refractivity (Wildman–Crippen MR) is 146 cm³/mol. The fraction of sp³-hybridized carbons (Fsp3) is 0.167. The van der Waals surface area contributed by atoms with Crippen LogP contribution < -0.4 is 10.9 Å². The summed E-state index contributed by atoms with van der Waals surface area (Å²) in [5.74, 6) is -0.270. The van der Waals surface area contributed by atoms with Gasteiger partial charge in [-0.2, -0.15) is 5.10 Å². The number of fused-ring (bicyclic) bond motifs is 2. The van der Waals surface area contributed by atoms with Crippen LogP contribution in [-0.4, -0.2) is 21.3 Å². The van der Waals surface area contributed by atoms with E-state index in [4.69, 9.17) is 0 Å². The number of pyridine rings is 1. The molecule has 0 saturated carbocycles. The Bertz CT molecular complexity index is 1660. The van der Waals surface area contributed by atoms with E-state index in [9.17, 15) is 9.59 Å². The number of para-hydroxylation sites is 2. The van der Waals surface area contributed by atoms with Crippen LogP contribution in [0.3, 0.4) is 0 Å². The van der Waals surface area contributed by atoms with Crippen molar-refractivity contribution in [3.05, 3.63) is 111 Å². The van der Waals surface area contributed by atoms with Crippen molar-refractivity contribution in [2.75, 3.05) is 0 Å². The Morgan fingerprint density at radius 3 is 2.14 bits per heavy atom. The molecule has 0 spiro atoms. The van der Waals surface area contributed by atoms with Gasteiger partial charge in [-0.05, 0) is 81.3 Å². The summed E-state index contributed by atoms with van der Waals surface area (Å²) in [4.78, 5) is 25.8.